The lowest BCUT2D eigenvalue weighted by molar-refractivity contribution is -0.133. The summed E-state index contributed by atoms with van der Waals surface area (Å²) in [7, 11) is 0. The maximum Gasteiger partial charge on any atom is 0.225 e. The van der Waals surface area contributed by atoms with E-state index in [1.165, 1.54) is 11.1 Å². The molecule has 27 heavy (non-hydrogen) atoms. The molecule has 3 nitrogen and oxygen atoms in total. The number of hydrogen-bond acceptors (Lipinski definition) is 2. The molecule has 1 saturated carbocycles. The van der Waals surface area contributed by atoms with Gasteiger partial charge in [-0.25, -0.2) is 4.98 Å². The molecule has 1 aliphatic rings. The zero-order valence-corrected chi connectivity index (χ0v) is 16.2. The Morgan fingerprint density at radius 3 is 2.67 bits per heavy atom. The fraction of sp³-hybridized carbons (Fsp3) is 0.304. The lowest BCUT2D eigenvalue weighted by atomic mass is 10.1. The number of fused-ring (bicyclic) bond motifs is 1. The van der Waals surface area contributed by atoms with Crippen LogP contribution in [0.3, 0.4) is 0 Å². The molecule has 0 unspecified atom stereocenters. The number of pyridine rings is 1. The molecule has 1 aromatic heterocycles. The van der Waals surface area contributed by atoms with Gasteiger partial charge in [0, 0.05) is 30.0 Å². The van der Waals surface area contributed by atoms with E-state index in [9.17, 15) is 4.79 Å². The second-order valence-electron chi connectivity index (χ2n) is 7.40. The highest BCUT2D eigenvalue weighted by Gasteiger charge is 2.33. The molecule has 1 amide bonds. The quantitative estimate of drug-likeness (QED) is 0.554. The number of rotatable bonds is 6. The summed E-state index contributed by atoms with van der Waals surface area (Å²) in [5.74, 6) is 0.432. The van der Waals surface area contributed by atoms with Gasteiger partial charge in [0.2, 0.25) is 5.91 Å². The highest BCUT2D eigenvalue weighted by Crippen LogP contribution is 2.32. The van der Waals surface area contributed by atoms with Crippen LogP contribution in [0, 0.1) is 12.8 Å². The van der Waals surface area contributed by atoms with Gasteiger partial charge >= 0.3 is 0 Å². The molecule has 0 bridgehead atoms. The summed E-state index contributed by atoms with van der Waals surface area (Å²) in [6.45, 7) is 3.27. The van der Waals surface area contributed by atoms with E-state index in [2.05, 4.69) is 36.2 Å². The van der Waals surface area contributed by atoms with Crippen LogP contribution in [0.5, 0.6) is 0 Å². The molecule has 1 heterocycles. The van der Waals surface area contributed by atoms with Crippen molar-refractivity contribution in [2.24, 2.45) is 5.92 Å². The van der Waals surface area contributed by atoms with Crippen LogP contribution in [0.2, 0.25) is 5.15 Å². The Kier molecular flexibility index (Phi) is 5.13. The number of nitrogens with zero attached hydrogens (tertiary/aromatic N) is 2. The van der Waals surface area contributed by atoms with E-state index < -0.39 is 0 Å². The predicted octanol–water partition coefficient (Wildman–Crippen LogP) is 5.18. The molecule has 0 spiro atoms. The van der Waals surface area contributed by atoms with Crippen LogP contribution >= 0.6 is 11.6 Å². The van der Waals surface area contributed by atoms with E-state index in [4.69, 9.17) is 11.6 Å². The number of carbonyl (C=O) groups is 1. The number of carbonyl (C=O) groups excluding carboxylic acids is 1. The molecule has 1 fully saturated rings. The number of hydrogen-bond donors (Lipinski definition) is 0. The van der Waals surface area contributed by atoms with Gasteiger partial charge in [-0.05, 0) is 49.9 Å². The Bertz CT molecular complexity index is 967. The fourth-order valence-electron chi connectivity index (χ4n) is 3.40. The van der Waals surface area contributed by atoms with Gasteiger partial charge in [-0.1, -0.05) is 53.6 Å². The zero-order valence-electron chi connectivity index (χ0n) is 15.5. The third kappa shape index (κ3) is 4.30. The topological polar surface area (TPSA) is 33.2 Å². The minimum Gasteiger partial charge on any atom is -0.338 e. The van der Waals surface area contributed by atoms with Crippen molar-refractivity contribution in [3.8, 4) is 0 Å². The first-order valence-corrected chi connectivity index (χ1v) is 9.86. The van der Waals surface area contributed by atoms with Gasteiger partial charge in [0.1, 0.15) is 5.15 Å². The molecular formula is C23H23ClN2O. The summed E-state index contributed by atoms with van der Waals surface area (Å²) >= 11 is 6.46. The minimum atomic E-state index is 0.190. The third-order valence-corrected chi connectivity index (χ3v) is 5.44. The summed E-state index contributed by atoms with van der Waals surface area (Å²) in [6, 6.07) is 18.5. The molecule has 138 valence electrons. The highest BCUT2D eigenvalue weighted by molar-refractivity contribution is 6.30. The van der Waals surface area contributed by atoms with E-state index in [0.717, 1.165) is 35.7 Å². The molecule has 4 rings (SSSR count). The molecule has 1 aliphatic carbocycles. The molecule has 3 aromatic rings. The number of aromatic nitrogens is 1. The zero-order chi connectivity index (χ0) is 18.8. The summed E-state index contributed by atoms with van der Waals surface area (Å²) in [4.78, 5) is 19.3. The van der Waals surface area contributed by atoms with Crippen molar-refractivity contribution in [3.63, 3.8) is 0 Å². The van der Waals surface area contributed by atoms with Crippen LogP contribution in [0.4, 0.5) is 0 Å². The molecule has 0 atom stereocenters. The van der Waals surface area contributed by atoms with Crippen LogP contribution in [-0.4, -0.2) is 22.3 Å². The summed E-state index contributed by atoms with van der Waals surface area (Å²) in [5, 5.41) is 1.55. The fourth-order valence-corrected chi connectivity index (χ4v) is 3.60. The average molecular weight is 379 g/mol. The van der Waals surface area contributed by atoms with E-state index >= 15 is 0 Å². The Labute approximate surface area is 165 Å². The van der Waals surface area contributed by atoms with Gasteiger partial charge in [0.05, 0.1) is 5.52 Å². The van der Waals surface area contributed by atoms with Crippen LogP contribution in [0.1, 0.15) is 29.5 Å². The summed E-state index contributed by atoms with van der Waals surface area (Å²) < 4.78 is 0. The average Bonchev–Trinajstić information content (AvgIpc) is 3.51. The number of amides is 1. The first-order valence-electron chi connectivity index (χ1n) is 9.48. The largest absolute Gasteiger partial charge is 0.338 e. The predicted molar refractivity (Wildman–Crippen MR) is 110 cm³/mol. The molecule has 0 radical (unpaired) electrons. The first kappa shape index (κ1) is 18.0. The monoisotopic (exact) mass is 378 g/mol. The third-order valence-electron chi connectivity index (χ3n) is 5.11. The van der Waals surface area contributed by atoms with E-state index in [-0.39, 0.29) is 11.8 Å². The number of aryl methyl sites for hydroxylation is 1. The van der Waals surface area contributed by atoms with E-state index in [0.29, 0.717) is 18.2 Å². The van der Waals surface area contributed by atoms with Crippen LogP contribution in [0.25, 0.3) is 10.9 Å². The van der Waals surface area contributed by atoms with Gasteiger partial charge in [-0.15, -0.1) is 0 Å². The standard InChI is InChI=1S/C23H23ClN2O/c1-16-7-10-21-19(13-16)14-20(22(24)25-21)15-26(23(27)18-8-9-18)12-11-17-5-3-2-4-6-17/h2-7,10,13-14,18H,8-9,11-12,15H2,1H3. The molecule has 2 aromatic carbocycles. The van der Waals surface area contributed by atoms with Gasteiger partial charge in [0.25, 0.3) is 0 Å². The van der Waals surface area contributed by atoms with Crippen LogP contribution < -0.4 is 0 Å². The molecule has 0 N–H and O–H groups in total. The van der Waals surface area contributed by atoms with Crippen molar-refractivity contribution >= 4 is 28.4 Å². The molecular weight excluding hydrogens is 356 g/mol. The Balaban J connectivity index is 1.57. The molecule has 0 aliphatic heterocycles. The van der Waals surface area contributed by atoms with Crippen LogP contribution in [-0.2, 0) is 17.8 Å². The smallest absolute Gasteiger partial charge is 0.225 e. The van der Waals surface area contributed by atoms with Gasteiger partial charge in [0.15, 0.2) is 0 Å². The Morgan fingerprint density at radius 2 is 1.93 bits per heavy atom. The van der Waals surface area contributed by atoms with Crippen molar-refractivity contribution in [3.05, 3.63) is 76.4 Å². The second kappa shape index (κ2) is 7.69. The Hall–Kier alpha value is -2.39. The maximum atomic E-state index is 12.8. The lowest BCUT2D eigenvalue weighted by Gasteiger charge is -2.23. The summed E-state index contributed by atoms with van der Waals surface area (Å²) in [5.41, 5.74) is 4.23. The minimum absolute atomic E-state index is 0.190. The first-order chi connectivity index (χ1) is 13.1. The summed E-state index contributed by atoms with van der Waals surface area (Å²) in [6.07, 6.45) is 2.85. The van der Waals surface area contributed by atoms with Gasteiger partial charge in [-0.3, -0.25) is 4.79 Å². The van der Waals surface area contributed by atoms with Crippen LogP contribution in [0.15, 0.2) is 54.6 Å². The Morgan fingerprint density at radius 1 is 1.15 bits per heavy atom. The maximum absolute atomic E-state index is 12.8. The number of halogens is 1. The van der Waals surface area contributed by atoms with Crippen molar-refractivity contribution < 1.29 is 4.79 Å². The lowest BCUT2D eigenvalue weighted by Crippen LogP contribution is -2.33. The van der Waals surface area contributed by atoms with Gasteiger partial charge < -0.3 is 4.90 Å². The van der Waals surface area contributed by atoms with Crippen molar-refractivity contribution in [1.82, 2.24) is 9.88 Å². The normalized spacial score (nSPS) is 13.7. The highest BCUT2D eigenvalue weighted by atomic mass is 35.5. The number of benzene rings is 2. The van der Waals surface area contributed by atoms with E-state index in [1.807, 2.05) is 35.2 Å². The second-order valence-corrected chi connectivity index (χ2v) is 7.76. The molecule has 0 saturated heterocycles. The molecule has 4 heteroatoms. The van der Waals surface area contributed by atoms with Crippen molar-refractivity contribution in [2.75, 3.05) is 6.54 Å². The van der Waals surface area contributed by atoms with E-state index in [1.54, 1.807) is 0 Å². The van der Waals surface area contributed by atoms with Crippen molar-refractivity contribution in [2.45, 2.75) is 32.7 Å². The SMILES string of the molecule is Cc1ccc2nc(Cl)c(CN(CCc3ccccc3)C(=O)C3CC3)cc2c1. The van der Waals surface area contributed by atoms with Crippen molar-refractivity contribution in [1.29, 1.82) is 0 Å². The van der Waals surface area contributed by atoms with Gasteiger partial charge in [-0.2, -0.15) is 0 Å².